The largest absolute Gasteiger partial charge is 0.440 e. The van der Waals surface area contributed by atoms with Crippen molar-refractivity contribution in [1.29, 1.82) is 0 Å². The summed E-state index contributed by atoms with van der Waals surface area (Å²) in [7, 11) is 0. The smallest absolute Gasteiger partial charge is 0.263 e. The number of aromatic nitrogens is 1. The lowest BCUT2D eigenvalue weighted by molar-refractivity contribution is 0.488. The molecule has 0 aliphatic rings. The molecule has 2 N–H and O–H groups in total. The zero-order valence-corrected chi connectivity index (χ0v) is 8.12. The Hall–Kier alpha value is -1.26. The lowest BCUT2D eigenvalue weighted by Crippen LogP contribution is -2.01. The first-order chi connectivity index (χ1) is 6.79. The molecule has 0 aromatic carbocycles. The second-order valence-electron chi connectivity index (χ2n) is 2.77. The van der Waals surface area contributed by atoms with Crippen LogP contribution in [0.25, 0.3) is 11.7 Å². The summed E-state index contributed by atoms with van der Waals surface area (Å²) in [6.45, 7) is 0.535. The fourth-order valence-corrected chi connectivity index (χ4v) is 1.25. The van der Waals surface area contributed by atoms with Crippen LogP contribution in [0.3, 0.4) is 0 Å². The minimum Gasteiger partial charge on any atom is -0.440 e. The van der Waals surface area contributed by atoms with E-state index in [1.165, 1.54) is 0 Å². The molecule has 0 saturated heterocycles. The molecular weight excluding hydrogens is 204 g/mol. The lowest BCUT2D eigenvalue weighted by atomic mass is 10.4. The summed E-state index contributed by atoms with van der Waals surface area (Å²) in [5, 5.41) is 0.318. The summed E-state index contributed by atoms with van der Waals surface area (Å²) in [6.07, 6.45) is 2.31. The van der Waals surface area contributed by atoms with E-state index >= 15 is 0 Å². The second-order valence-corrected chi connectivity index (χ2v) is 3.15. The second kappa shape index (κ2) is 3.86. The lowest BCUT2D eigenvalue weighted by Gasteiger charge is -1.89. The molecule has 0 spiro atoms. The van der Waals surface area contributed by atoms with Crippen LogP contribution >= 0.6 is 11.6 Å². The molecule has 0 fully saturated rings. The van der Waals surface area contributed by atoms with Crippen molar-refractivity contribution in [3.05, 3.63) is 29.3 Å². The van der Waals surface area contributed by atoms with Gasteiger partial charge in [0.2, 0.25) is 0 Å². The number of hydrogen-bond acceptors (Lipinski definition) is 4. The first kappa shape index (κ1) is 9.30. The Morgan fingerprint density at radius 3 is 2.86 bits per heavy atom. The average Bonchev–Trinajstić information content (AvgIpc) is 2.74. The standard InChI is InChI=1S/C9H9ClN2O2/c10-8-2-1-7(14-8)9-12-5-6(13-9)3-4-11/h1-2,5H,3-4,11H2. The van der Waals surface area contributed by atoms with Gasteiger partial charge in [0.25, 0.3) is 5.89 Å². The van der Waals surface area contributed by atoms with Crippen molar-refractivity contribution in [2.24, 2.45) is 5.73 Å². The van der Waals surface area contributed by atoms with Gasteiger partial charge in [-0.1, -0.05) is 0 Å². The van der Waals surface area contributed by atoms with Crippen molar-refractivity contribution in [1.82, 2.24) is 4.98 Å². The van der Waals surface area contributed by atoms with E-state index in [1.54, 1.807) is 18.3 Å². The topological polar surface area (TPSA) is 65.2 Å². The minimum atomic E-state index is 0.318. The van der Waals surface area contributed by atoms with Crippen molar-refractivity contribution < 1.29 is 8.83 Å². The van der Waals surface area contributed by atoms with Crippen LogP contribution in [0.5, 0.6) is 0 Å². The summed E-state index contributed by atoms with van der Waals surface area (Å²) in [6, 6.07) is 3.35. The first-order valence-electron chi connectivity index (χ1n) is 4.20. The maximum absolute atomic E-state index is 5.62. The van der Waals surface area contributed by atoms with Gasteiger partial charge in [-0.25, -0.2) is 4.98 Å². The number of halogens is 1. The van der Waals surface area contributed by atoms with Crippen molar-refractivity contribution >= 4 is 11.6 Å². The van der Waals surface area contributed by atoms with Crippen LogP contribution in [0.2, 0.25) is 5.22 Å². The number of furan rings is 1. The van der Waals surface area contributed by atoms with Crippen molar-refractivity contribution in [2.45, 2.75) is 6.42 Å². The van der Waals surface area contributed by atoms with E-state index in [-0.39, 0.29) is 0 Å². The highest BCUT2D eigenvalue weighted by Gasteiger charge is 2.09. The van der Waals surface area contributed by atoms with Crippen LogP contribution < -0.4 is 5.73 Å². The van der Waals surface area contributed by atoms with Gasteiger partial charge in [0.15, 0.2) is 11.0 Å². The molecule has 4 nitrogen and oxygen atoms in total. The Bertz CT molecular complexity index is 422. The van der Waals surface area contributed by atoms with Gasteiger partial charge < -0.3 is 14.6 Å². The van der Waals surface area contributed by atoms with Gasteiger partial charge in [0.05, 0.1) is 6.20 Å². The Morgan fingerprint density at radius 2 is 2.21 bits per heavy atom. The number of oxazole rings is 1. The van der Waals surface area contributed by atoms with Crippen LogP contribution in [0.1, 0.15) is 5.76 Å². The number of rotatable bonds is 3. The number of nitrogens with zero attached hydrogens (tertiary/aromatic N) is 1. The van der Waals surface area contributed by atoms with Gasteiger partial charge in [0.1, 0.15) is 5.76 Å². The van der Waals surface area contributed by atoms with Crippen LogP contribution in [0, 0.1) is 0 Å². The molecule has 0 radical (unpaired) electrons. The summed E-state index contributed by atoms with van der Waals surface area (Å²) < 4.78 is 10.5. The Morgan fingerprint density at radius 1 is 1.36 bits per heavy atom. The van der Waals surface area contributed by atoms with E-state index in [1.807, 2.05) is 0 Å². The number of nitrogens with two attached hydrogens (primary N) is 1. The predicted octanol–water partition coefficient (Wildman–Crippen LogP) is 2.09. The van der Waals surface area contributed by atoms with Crippen LogP contribution in [0.4, 0.5) is 0 Å². The predicted molar refractivity (Wildman–Crippen MR) is 52.0 cm³/mol. The fourth-order valence-electron chi connectivity index (χ4n) is 1.11. The third-order valence-electron chi connectivity index (χ3n) is 1.73. The summed E-state index contributed by atoms with van der Waals surface area (Å²) in [5.41, 5.74) is 5.38. The van der Waals surface area contributed by atoms with Gasteiger partial charge >= 0.3 is 0 Å². The molecule has 74 valence electrons. The van der Waals surface area contributed by atoms with E-state index in [0.717, 1.165) is 5.76 Å². The molecule has 0 aliphatic heterocycles. The van der Waals surface area contributed by atoms with Crippen LogP contribution in [0.15, 0.2) is 27.2 Å². The van der Waals surface area contributed by atoms with Crippen molar-refractivity contribution in [3.63, 3.8) is 0 Å². The molecule has 2 rings (SSSR count). The fraction of sp³-hybridized carbons (Fsp3) is 0.222. The summed E-state index contributed by atoms with van der Waals surface area (Å²) >= 11 is 5.62. The molecule has 0 amide bonds. The van der Waals surface area contributed by atoms with Gasteiger partial charge in [-0.2, -0.15) is 0 Å². The molecule has 2 aromatic rings. The SMILES string of the molecule is NCCc1cnc(-c2ccc(Cl)o2)o1. The summed E-state index contributed by atoms with van der Waals surface area (Å²) in [5.74, 6) is 1.70. The third-order valence-corrected chi connectivity index (χ3v) is 1.93. The van der Waals surface area contributed by atoms with Gasteiger partial charge in [-0.05, 0) is 30.3 Å². The normalized spacial score (nSPS) is 10.7. The maximum atomic E-state index is 5.62. The molecular formula is C9H9ClN2O2. The van der Waals surface area contributed by atoms with Gasteiger partial charge in [0, 0.05) is 6.42 Å². The van der Waals surface area contributed by atoms with Crippen LogP contribution in [-0.2, 0) is 6.42 Å². The van der Waals surface area contributed by atoms with E-state index in [0.29, 0.717) is 29.8 Å². The van der Waals surface area contributed by atoms with Crippen molar-refractivity contribution in [2.75, 3.05) is 6.54 Å². The third kappa shape index (κ3) is 1.81. The molecule has 0 saturated carbocycles. The number of hydrogen-bond donors (Lipinski definition) is 1. The quantitative estimate of drug-likeness (QED) is 0.846. The maximum Gasteiger partial charge on any atom is 0.263 e. The highest BCUT2D eigenvalue weighted by molar-refractivity contribution is 6.28. The zero-order chi connectivity index (χ0) is 9.97. The Kier molecular flexibility index (Phi) is 2.56. The molecule has 0 atom stereocenters. The van der Waals surface area contributed by atoms with E-state index in [4.69, 9.17) is 26.2 Å². The molecule has 0 aliphatic carbocycles. The molecule has 2 heterocycles. The molecule has 2 aromatic heterocycles. The molecule has 5 heteroatoms. The van der Waals surface area contributed by atoms with E-state index in [2.05, 4.69) is 4.98 Å². The monoisotopic (exact) mass is 212 g/mol. The summed E-state index contributed by atoms with van der Waals surface area (Å²) in [4.78, 5) is 4.04. The Labute approximate surface area is 85.7 Å². The average molecular weight is 213 g/mol. The first-order valence-corrected chi connectivity index (χ1v) is 4.58. The van der Waals surface area contributed by atoms with Gasteiger partial charge in [-0.3, -0.25) is 0 Å². The van der Waals surface area contributed by atoms with E-state index < -0.39 is 0 Å². The highest BCUT2D eigenvalue weighted by Crippen LogP contribution is 2.24. The molecule has 0 unspecified atom stereocenters. The molecule has 14 heavy (non-hydrogen) atoms. The van der Waals surface area contributed by atoms with Crippen molar-refractivity contribution in [3.8, 4) is 11.7 Å². The highest BCUT2D eigenvalue weighted by atomic mass is 35.5. The van der Waals surface area contributed by atoms with Gasteiger partial charge in [-0.15, -0.1) is 0 Å². The Balaban J connectivity index is 2.24. The van der Waals surface area contributed by atoms with Crippen LogP contribution in [-0.4, -0.2) is 11.5 Å². The van der Waals surface area contributed by atoms with E-state index in [9.17, 15) is 0 Å². The molecule has 0 bridgehead atoms. The zero-order valence-electron chi connectivity index (χ0n) is 7.37. The minimum absolute atomic E-state index is 0.318.